The average Bonchev–Trinajstić information content (AvgIpc) is 2.64. The zero-order valence-electron chi connectivity index (χ0n) is 15.1. The summed E-state index contributed by atoms with van der Waals surface area (Å²) in [4.78, 5) is 39.2. The summed E-state index contributed by atoms with van der Waals surface area (Å²) in [5.41, 5.74) is -0.0544. The summed E-state index contributed by atoms with van der Waals surface area (Å²) in [5.74, 6) is 0.123. The van der Waals surface area contributed by atoms with Crippen LogP contribution in [0.5, 0.6) is 0 Å². The first-order chi connectivity index (χ1) is 12.6. The van der Waals surface area contributed by atoms with Crippen molar-refractivity contribution in [2.24, 2.45) is 0 Å². The minimum Gasteiger partial charge on any atom is -0.353 e. The van der Waals surface area contributed by atoms with Crippen molar-refractivity contribution in [1.29, 1.82) is 0 Å². The maximum atomic E-state index is 12.4. The standard InChI is InChI=1S/C20H27N3O3/c24-18(21-15-9-3-1-4-10-15)13-5-2-8-14-23-19(25)16-11-6-7-12-17(16)22-20(23)26/h6-7,11-12,15H,1-5,8-10,13-14H2,(H,21,24)(H,22,26). The van der Waals surface area contributed by atoms with E-state index in [1.54, 1.807) is 24.3 Å². The molecule has 2 aromatic rings. The zero-order chi connectivity index (χ0) is 18.4. The number of rotatable bonds is 7. The van der Waals surface area contributed by atoms with E-state index in [4.69, 9.17) is 0 Å². The van der Waals surface area contributed by atoms with E-state index < -0.39 is 0 Å². The molecular formula is C20H27N3O3. The lowest BCUT2D eigenvalue weighted by atomic mass is 9.95. The number of hydrogen-bond acceptors (Lipinski definition) is 3. The molecule has 0 bridgehead atoms. The van der Waals surface area contributed by atoms with Crippen molar-refractivity contribution in [3.05, 3.63) is 45.1 Å². The minimum atomic E-state index is -0.372. The van der Waals surface area contributed by atoms with E-state index in [0.29, 0.717) is 36.3 Å². The van der Waals surface area contributed by atoms with Crippen molar-refractivity contribution < 1.29 is 4.79 Å². The quantitative estimate of drug-likeness (QED) is 0.747. The van der Waals surface area contributed by atoms with Crippen LogP contribution < -0.4 is 16.6 Å². The third-order valence-corrected chi connectivity index (χ3v) is 5.15. The summed E-state index contributed by atoms with van der Waals surface area (Å²) >= 11 is 0. The molecule has 140 valence electrons. The normalized spacial score (nSPS) is 15.2. The molecule has 1 amide bonds. The van der Waals surface area contributed by atoms with Gasteiger partial charge in [0, 0.05) is 19.0 Å². The Balaban J connectivity index is 1.45. The predicted octanol–water partition coefficient (Wildman–Crippen LogP) is 2.70. The molecule has 1 aromatic heterocycles. The van der Waals surface area contributed by atoms with Crippen LogP contribution in [0.15, 0.2) is 33.9 Å². The number of nitrogens with one attached hydrogen (secondary N) is 2. The summed E-state index contributed by atoms with van der Waals surface area (Å²) in [6.07, 6.45) is 8.70. The summed E-state index contributed by atoms with van der Waals surface area (Å²) in [5, 5.41) is 3.64. The zero-order valence-corrected chi connectivity index (χ0v) is 15.1. The first-order valence-electron chi connectivity index (χ1n) is 9.66. The smallest absolute Gasteiger partial charge is 0.328 e. The maximum Gasteiger partial charge on any atom is 0.328 e. The Morgan fingerprint density at radius 3 is 2.65 bits per heavy atom. The molecule has 0 spiro atoms. The number of hydrogen-bond donors (Lipinski definition) is 2. The number of aromatic amines is 1. The van der Waals surface area contributed by atoms with Gasteiger partial charge < -0.3 is 10.3 Å². The summed E-state index contributed by atoms with van der Waals surface area (Å²) in [7, 11) is 0. The Morgan fingerprint density at radius 1 is 1.08 bits per heavy atom. The van der Waals surface area contributed by atoms with Crippen molar-refractivity contribution in [1.82, 2.24) is 14.9 Å². The summed E-state index contributed by atoms with van der Waals surface area (Å²) in [6.45, 7) is 0.378. The van der Waals surface area contributed by atoms with Crippen LogP contribution in [0.25, 0.3) is 10.9 Å². The molecule has 0 aliphatic heterocycles. The molecule has 0 radical (unpaired) electrons. The Kier molecular flexibility index (Phi) is 6.26. The molecule has 1 fully saturated rings. The van der Waals surface area contributed by atoms with Crippen molar-refractivity contribution in [2.45, 2.75) is 70.4 Å². The second kappa shape index (κ2) is 8.83. The lowest BCUT2D eigenvalue weighted by Crippen LogP contribution is -2.36. The Hall–Kier alpha value is -2.37. The van der Waals surface area contributed by atoms with Gasteiger partial charge in [-0.1, -0.05) is 37.8 Å². The first-order valence-corrected chi connectivity index (χ1v) is 9.66. The second-order valence-electron chi connectivity index (χ2n) is 7.15. The number of nitrogens with zero attached hydrogens (tertiary/aromatic N) is 1. The molecule has 0 unspecified atom stereocenters. The van der Waals surface area contributed by atoms with Crippen LogP contribution in [0.3, 0.4) is 0 Å². The van der Waals surface area contributed by atoms with Crippen molar-refractivity contribution in [3.8, 4) is 0 Å². The largest absolute Gasteiger partial charge is 0.353 e. The molecular weight excluding hydrogens is 330 g/mol. The topological polar surface area (TPSA) is 84.0 Å². The highest BCUT2D eigenvalue weighted by molar-refractivity contribution is 5.77. The van der Waals surface area contributed by atoms with Crippen molar-refractivity contribution in [3.63, 3.8) is 0 Å². The van der Waals surface area contributed by atoms with E-state index >= 15 is 0 Å². The lowest BCUT2D eigenvalue weighted by Gasteiger charge is -2.22. The van der Waals surface area contributed by atoms with E-state index in [1.807, 2.05) is 0 Å². The highest BCUT2D eigenvalue weighted by Crippen LogP contribution is 2.17. The predicted molar refractivity (Wildman–Crippen MR) is 102 cm³/mol. The van der Waals surface area contributed by atoms with Crippen LogP contribution in [-0.2, 0) is 11.3 Å². The number of fused-ring (bicyclic) bond motifs is 1. The number of para-hydroxylation sites is 1. The van der Waals surface area contributed by atoms with E-state index in [2.05, 4.69) is 10.3 Å². The number of unbranched alkanes of at least 4 members (excludes halogenated alkanes) is 2. The third-order valence-electron chi connectivity index (χ3n) is 5.15. The molecule has 1 aromatic carbocycles. The lowest BCUT2D eigenvalue weighted by molar-refractivity contribution is -0.122. The Bertz CT molecular complexity index is 862. The van der Waals surface area contributed by atoms with Crippen LogP contribution in [0.4, 0.5) is 0 Å². The summed E-state index contributed by atoms with van der Waals surface area (Å²) < 4.78 is 1.25. The van der Waals surface area contributed by atoms with Crippen molar-refractivity contribution >= 4 is 16.8 Å². The molecule has 3 rings (SSSR count). The van der Waals surface area contributed by atoms with Gasteiger partial charge in [-0.2, -0.15) is 0 Å². The van der Waals surface area contributed by atoms with E-state index in [1.165, 1.54) is 23.8 Å². The molecule has 6 heteroatoms. The van der Waals surface area contributed by atoms with Gasteiger partial charge in [-0.05, 0) is 37.8 Å². The van der Waals surface area contributed by atoms with Gasteiger partial charge in [0.15, 0.2) is 0 Å². The SMILES string of the molecule is O=C(CCCCCn1c(=O)[nH]c2ccccc2c1=O)NC1CCCCC1. The van der Waals surface area contributed by atoms with Crippen molar-refractivity contribution in [2.75, 3.05) is 0 Å². The number of H-pyrrole nitrogens is 1. The number of carbonyl (C=O) groups excluding carboxylic acids is 1. The minimum absolute atomic E-state index is 0.123. The molecule has 0 atom stereocenters. The van der Waals surface area contributed by atoms with E-state index in [9.17, 15) is 14.4 Å². The number of amides is 1. The highest BCUT2D eigenvalue weighted by atomic mass is 16.2. The Labute approximate surface area is 152 Å². The third kappa shape index (κ3) is 4.62. The van der Waals surface area contributed by atoms with Crippen LogP contribution in [0.1, 0.15) is 57.8 Å². The monoisotopic (exact) mass is 357 g/mol. The molecule has 1 saturated carbocycles. The average molecular weight is 357 g/mol. The van der Waals surface area contributed by atoms with Crippen LogP contribution in [0.2, 0.25) is 0 Å². The van der Waals surface area contributed by atoms with E-state index in [0.717, 1.165) is 25.7 Å². The fourth-order valence-corrected chi connectivity index (χ4v) is 3.68. The first kappa shape index (κ1) is 18.4. The maximum absolute atomic E-state index is 12.4. The summed E-state index contributed by atoms with van der Waals surface area (Å²) in [6, 6.07) is 7.39. The van der Waals surface area contributed by atoms with Gasteiger partial charge in [-0.25, -0.2) is 4.79 Å². The Morgan fingerprint density at radius 2 is 1.85 bits per heavy atom. The molecule has 26 heavy (non-hydrogen) atoms. The van der Waals surface area contributed by atoms with Gasteiger partial charge in [0.1, 0.15) is 0 Å². The van der Waals surface area contributed by atoms with Crippen LogP contribution in [-0.4, -0.2) is 21.5 Å². The molecule has 1 heterocycles. The van der Waals surface area contributed by atoms with Gasteiger partial charge in [-0.3, -0.25) is 14.2 Å². The van der Waals surface area contributed by atoms with Crippen LogP contribution >= 0.6 is 0 Å². The fraction of sp³-hybridized carbons (Fsp3) is 0.550. The van der Waals surface area contributed by atoms with Crippen LogP contribution in [0, 0.1) is 0 Å². The van der Waals surface area contributed by atoms with Gasteiger partial charge >= 0.3 is 5.69 Å². The van der Waals surface area contributed by atoms with E-state index in [-0.39, 0.29) is 17.2 Å². The van der Waals surface area contributed by atoms with Gasteiger partial charge in [0.05, 0.1) is 10.9 Å². The van der Waals surface area contributed by atoms with Gasteiger partial charge in [-0.15, -0.1) is 0 Å². The fourth-order valence-electron chi connectivity index (χ4n) is 3.68. The van der Waals surface area contributed by atoms with Gasteiger partial charge in [0.25, 0.3) is 5.56 Å². The molecule has 2 N–H and O–H groups in total. The number of carbonyl (C=O) groups is 1. The molecule has 6 nitrogen and oxygen atoms in total. The highest BCUT2D eigenvalue weighted by Gasteiger charge is 2.15. The molecule has 1 aliphatic rings. The molecule has 0 saturated heterocycles. The number of aromatic nitrogens is 2. The van der Waals surface area contributed by atoms with Gasteiger partial charge in [0.2, 0.25) is 5.91 Å². The molecule has 1 aliphatic carbocycles. The number of benzene rings is 1. The second-order valence-corrected chi connectivity index (χ2v) is 7.15.